The quantitative estimate of drug-likeness (QED) is 0.691. The van der Waals surface area contributed by atoms with Crippen LogP contribution in [-0.2, 0) is 10.8 Å². The first-order chi connectivity index (χ1) is 9.83. The summed E-state index contributed by atoms with van der Waals surface area (Å²) < 4.78 is 0. The number of benzene rings is 2. The van der Waals surface area contributed by atoms with E-state index in [0.717, 1.165) is 0 Å². The lowest BCUT2D eigenvalue weighted by molar-refractivity contribution is 0.704. The number of rotatable bonds is 2. The average Bonchev–Trinajstić information content (AvgIpc) is 2.58. The molecule has 2 aromatic carbocycles. The van der Waals surface area contributed by atoms with Crippen molar-refractivity contribution < 1.29 is 0 Å². The predicted octanol–water partition coefficient (Wildman–Crippen LogP) is 4.56. The van der Waals surface area contributed by atoms with Crippen molar-refractivity contribution in [3.63, 3.8) is 0 Å². The second-order valence-electron chi connectivity index (χ2n) is 5.60. The van der Waals surface area contributed by atoms with Crippen molar-refractivity contribution in [3.05, 3.63) is 108 Å². The summed E-state index contributed by atoms with van der Waals surface area (Å²) in [7, 11) is 0. The molecule has 0 N–H and O–H groups in total. The predicted molar refractivity (Wildman–Crippen MR) is 83.7 cm³/mol. The van der Waals surface area contributed by atoms with Gasteiger partial charge in [0.1, 0.15) is 0 Å². The maximum Gasteiger partial charge on any atom is 0.0494 e. The lowest BCUT2D eigenvalue weighted by atomic mass is 9.63. The van der Waals surface area contributed by atoms with Crippen LogP contribution >= 0.6 is 0 Å². The molecule has 0 spiro atoms. The molecular weight excluding hydrogens is 240 g/mol. The lowest BCUT2D eigenvalue weighted by Crippen LogP contribution is -2.33. The van der Waals surface area contributed by atoms with Gasteiger partial charge in [0.2, 0.25) is 0 Å². The fraction of sp³-hybridized carbons (Fsp3) is 0.100. The van der Waals surface area contributed by atoms with Crippen molar-refractivity contribution in [3.8, 4) is 0 Å². The van der Waals surface area contributed by atoms with Gasteiger partial charge in [-0.2, -0.15) is 0 Å². The van der Waals surface area contributed by atoms with E-state index in [9.17, 15) is 0 Å². The molecule has 0 amide bonds. The van der Waals surface area contributed by atoms with Gasteiger partial charge in [0.05, 0.1) is 0 Å². The molecule has 3 aliphatic rings. The molecule has 0 heterocycles. The van der Waals surface area contributed by atoms with Gasteiger partial charge in [0, 0.05) is 10.8 Å². The van der Waals surface area contributed by atoms with Gasteiger partial charge in [0.15, 0.2) is 0 Å². The Morgan fingerprint density at radius 3 is 1.00 bits per heavy atom. The minimum Gasteiger partial charge on any atom is -0.0689 e. The molecule has 0 fully saturated rings. The Kier molecular flexibility index (Phi) is 2.34. The molecule has 5 rings (SSSR count). The van der Waals surface area contributed by atoms with Gasteiger partial charge in [-0.05, 0) is 11.1 Å². The first kappa shape index (κ1) is 11.5. The van der Waals surface area contributed by atoms with Crippen LogP contribution in [-0.4, -0.2) is 0 Å². The second-order valence-corrected chi connectivity index (χ2v) is 5.60. The highest BCUT2D eigenvalue weighted by Crippen LogP contribution is 2.45. The monoisotopic (exact) mass is 256 g/mol. The standard InChI is InChI=1S/C20H16/c1-3-7-17(8-4-1)19-11-14-20(15-12-19,16-13-19)18-9-5-2-6-10-18/h1-16H. The van der Waals surface area contributed by atoms with Gasteiger partial charge in [-0.15, -0.1) is 0 Å². The summed E-state index contributed by atoms with van der Waals surface area (Å²) in [4.78, 5) is 0. The molecule has 2 bridgehead atoms. The number of allylic oxidation sites excluding steroid dienone is 6. The molecule has 20 heavy (non-hydrogen) atoms. The topological polar surface area (TPSA) is 0 Å². The van der Waals surface area contributed by atoms with Crippen molar-refractivity contribution in [1.82, 2.24) is 0 Å². The molecule has 0 saturated carbocycles. The third-order valence-electron chi connectivity index (χ3n) is 4.45. The highest BCUT2D eigenvalue weighted by Gasteiger charge is 2.37. The van der Waals surface area contributed by atoms with E-state index in [1.165, 1.54) is 11.1 Å². The molecule has 96 valence electrons. The van der Waals surface area contributed by atoms with Gasteiger partial charge in [-0.3, -0.25) is 0 Å². The zero-order valence-electron chi connectivity index (χ0n) is 11.2. The summed E-state index contributed by atoms with van der Waals surface area (Å²) in [5.41, 5.74) is 2.53. The van der Waals surface area contributed by atoms with Crippen LogP contribution < -0.4 is 0 Å². The molecular formula is C20H16. The lowest BCUT2D eigenvalue weighted by Gasteiger charge is -2.39. The molecule has 0 atom stereocenters. The Labute approximate surface area is 119 Å². The molecule has 2 aromatic rings. The van der Waals surface area contributed by atoms with Crippen LogP contribution in [0.25, 0.3) is 0 Å². The van der Waals surface area contributed by atoms with E-state index in [0.29, 0.717) is 0 Å². The fourth-order valence-corrected chi connectivity index (χ4v) is 3.19. The Morgan fingerprint density at radius 2 is 0.700 bits per heavy atom. The van der Waals surface area contributed by atoms with Crippen molar-refractivity contribution in [2.45, 2.75) is 10.8 Å². The third-order valence-corrected chi connectivity index (χ3v) is 4.45. The van der Waals surface area contributed by atoms with Crippen LogP contribution in [0.1, 0.15) is 11.1 Å². The van der Waals surface area contributed by atoms with Crippen molar-refractivity contribution in [2.24, 2.45) is 0 Å². The van der Waals surface area contributed by atoms with E-state index in [1.807, 2.05) is 0 Å². The second kappa shape index (κ2) is 4.08. The van der Waals surface area contributed by atoms with Crippen LogP contribution in [0.2, 0.25) is 0 Å². The Bertz CT molecular complexity index is 602. The van der Waals surface area contributed by atoms with Crippen LogP contribution in [0.4, 0.5) is 0 Å². The summed E-state index contributed by atoms with van der Waals surface area (Å²) in [5.74, 6) is 0. The normalized spacial score (nSPS) is 29.8. The molecule has 0 radical (unpaired) electrons. The fourth-order valence-electron chi connectivity index (χ4n) is 3.19. The molecule has 3 aliphatic carbocycles. The van der Waals surface area contributed by atoms with E-state index in [-0.39, 0.29) is 10.8 Å². The minimum absolute atomic E-state index is 0.0577. The Hall–Kier alpha value is -2.34. The smallest absolute Gasteiger partial charge is 0.0494 e. The summed E-state index contributed by atoms with van der Waals surface area (Å²) in [6.07, 6.45) is 14.0. The molecule has 0 nitrogen and oxygen atoms in total. The molecule has 0 unspecified atom stereocenters. The zero-order valence-corrected chi connectivity index (χ0v) is 11.2. The van der Waals surface area contributed by atoms with Gasteiger partial charge in [-0.25, -0.2) is 0 Å². The van der Waals surface area contributed by atoms with E-state index in [2.05, 4.69) is 97.1 Å². The number of hydrogen-bond donors (Lipinski definition) is 0. The van der Waals surface area contributed by atoms with Crippen molar-refractivity contribution in [1.29, 1.82) is 0 Å². The third kappa shape index (κ3) is 1.55. The van der Waals surface area contributed by atoms with E-state index in [4.69, 9.17) is 0 Å². The maximum absolute atomic E-state index is 2.33. The minimum atomic E-state index is -0.0577. The van der Waals surface area contributed by atoms with E-state index in [1.54, 1.807) is 0 Å². The zero-order chi connectivity index (χ0) is 13.5. The summed E-state index contributed by atoms with van der Waals surface area (Å²) in [6.45, 7) is 0. The van der Waals surface area contributed by atoms with Gasteiger partial charge in [0.25, 0.3) is 0 Å². The van der Waals surface area contributed by atoms with Crippen LogP contribution in [0.5, 0.6) is 0 Å². The highest BCUT2D eigenvalue weighted by molar-refractivity contribution is 5.58. The van der Waals surface area contributed by atoms with Gasteiger partial charge < -0.3 is 0 Å². The van der Waals surface area contributed by atoms with Crippen LogP contribution in [0.15, 0.2) is 97.1 Å². The Morgan fingerprint density at radius 1 is 0.400 bits per heavy atom. The largest absolute Gasteiger partial charge is 0.0689 e. The molecule has 0 heteroatoms. The highest BCUT2D eigenvalue weighted by atomic mass is 14.4. The first-order valence-electron chi connectivity index (χ1n) is 7.05. The maximum atomic E-state index is 2.33. The molecule has 0 aliphatic heterocycles. The molecule has 0 saturated heterocycles. The van der Waals surface area contributed by atoms with Crippen molar-refractivity contribution >= 4 is 0 Å². The van der Waals surface area contributed by atoms with Crippen LogP contribution in [0, 0.1) is 0 Å². The average molecular weight is 256 g/mol. The molecule has 0 aromatic heterocycles. The Balaban J connectivity index is 1.79. The summed E-state index contributed by atoms with van der Waals surface area (Å²) in [6, 6.07) is 21.3. The van der Waals surface area contributed by atoms with Crippen molar-refractivity contribution in [2.75, 3.05) is 0 Å². The first-order valence-corrected chi connectivity index (χ1v) is 7.05. The summed E-state index contributed by atoms with van der Waals surface area (Å²) >= 11 is 0. The van der Waals surface area contributed by atoms with Crippen LogP contribution in [0.3, 0.4) is 0 Å². The SMILES string of the molecule is C1=CC2(c3ccccc3)C=CC1(c1ccccc1)C=C2. The van der Waals surface area contributed by atoms with Gasteiger partial charge >= 0.3 is 0 Å². The van der Waals surface area contributed by atoms with E-state index < -0.39 is 0 Å². The van der Waals surface area contributed by atoms with Gasteiger partial charge in [-0.1, -0.05) is 97.1 Å². The summed E-state index contributed by atoms with van der Waals surface area (Å²) in [5, 5.41) is 0. The van der Waals surface area contributed by atoms with E-state index >= 15 is 0 Å². The number of hydrogen-bond acceptors (Lipinski definition) is 0.